The SMILES string of the molecule is COC1CCCN(S(=O)(=O)c2cc(F)c(C)cc2F)C1. The summed E-state index contributed by atoms with van der Waals surface area (Å²) in [5.74, 6) is -1.66. The molecule has 0 saturated carbocycles. The lowest BCUT2D eigenvalue weighted by Crippen LogP contribution is -2.43. The van der Waals surface area contributed by atoms with E-state index < -0.39 is 26.6 Å². The van der Waals surface area contributed by atoms with E-state index in [1.807, 2.05) is 0 Å². The summed E-state index contributed by atoms with van der Waals surface area (Å²) in [5.41, 5.74) is 0.0786. The number of halogens is 2. The standard InChI is InChI=1S/C13H17F2NO3S/c1-9-6-12(15)13(7-11(9)14)20(17,18)16-5-3-4-10(8-16)19-2/h6-7,10H,3-5,8H2,1-2H3. The predicted octanol–water partition coefficient (Wildman–Crippen LogP) is 2.07. The van der Waals surface area contributed by atoms with Gasteiger partial charge >= 0.3 is 0 Å². The van der Waals surface area contributed by atoms with Crippen molar-refractivity contribution in [2.75, 3.05) is 20.2 Å². The van der Waals surface area contributed by atoms with Crippen LogP contribution < -0.4 is 0 Å². The van der Waals surface area contributed by atoms with E-state index in [1.165, 1.54) is 14.0 Å². The van der Waals surface area contributed by atoms with Crippen LogP contribution in [0.25, 0.3) is 0 Å². The molecule has 0 aliphatic carbocycles. The van der Waals surface area contributed by atoms with Gasteiger partial charge in [0.15, 0.2) is 0 Å². The first-order valence-corrected chi connectivity index (χ1v) is 7.79. The average Bonchev–Trinajstić information content (AvgIpc) is 2.42. The number of hydrogen-bond donors (Lipinski definition) is 0. The van der Waals surface area contributed by atoms with Crippen molar-refractivity contribution in [3.8, 4) is 0 Å². The molecule has 0 aromatic heterocycles. The third-order valence-electron chi connectivity index (χ3n) is 3.51. The Morgan fingerprint density at radius 3 is 2.65 bits per heavy atom. The van der Waals surface area contributed by atoms with Crippen LogP contribution in [-0.2, 0) is 14.8 Å². The van der Waals surface area contributed by atoms with Crippen molar-refractivity contribution in [1.82, 2.24) is 4.31 Å². The fourth-order valence-electron chi connectivity index (χ4n) is 2.28. The van der Waals surface area contributed by atoms with Crippen molar-refractivity contribution in [3.63, 3.8) is 0 Å². The van der Waals surface area contributed by atoms with Crippen LogP contribution in [0.3, 0.4) is 0 Å². The minimum absolute atomic E-state index is 0.0786. The Hall–Kier alpha value is -1.05. The van der Waals surface area contributed by atoms with Gasteiger partial charge in [0, 0.05) is 20.2 Å². The number of rotatable bonds is 3. The predicted molar refractivity (Wildman–Crippen MR) is 69.9 cm³/mol. The molecule has 0 amide bonds. The molecule has 0 N–H and O–H groups in total. The zero-order valence-electron chi connectivity index (χ0n) is 11.4. The van der Waals surface area contributed by atoms with Crippen LogP contribution in [0.15, 0.2) is 17.0 Å². The lowest BCUT2D eigenvalue weighted by Gasteiger charge is -2.31. The largest absolute Gasteiger partial charge is 0.380 e. The van der Waals surface area contributed by atoms with Gasteiger partial charge in [0.1, 0.15) is 16.5 Å². The molecule has 1 unspecified atom stereocenters. The Morgan fingerprint density at radius 2 is 2.00 bits per heavy atom. The first-order chi connectivity index (χ1) is 9.36. The molecule has 4 nitrogen and oxygen atoms in total. The van der Waals surface area contributed by atoms with Gasteiger partial charge in [-0.15, -0.1) is 0 Å². The van der Waals surface area contributed by atoms with Gasteiger partial charge in [-0.2, -0.15) is 4.31 Å². The second-order valence-electron chi connectivity index (χ2n) is 4.89. The molecule has 1 aliphatic heterocycles. The molecule has 7 heteroatoms. The van der Waals surface area contributed by atoms with E-state index in [0.717, 1.165) is 22.9 Å². The van der Waals surface area contributed by atoms with Gasteiger partial charge in [0.05, 0.1) is 6.10 Å². The Labute approximate surface area is 117 Å². The molecule has 1 aromatic rings. The lowest BCUT2D eigenvalue weighted by atomic mass is 10.1. The van der Waals surface area contributed by atoms with Crippen LogP contribution in [-0.4, -0.2) is 39.0 Å². The molecule has 1 atom stereocenters. The van der Waals surface area contributed by atoms with Crippen LogP contribution in [0.1, 0.15) is 18.4 Å². The summed E-state index contributed by atoms with van der Waals surface area (Å²) in [6.07, 6.45) is 1.18. The van der Waals surface area contributed by atoms with Crippen LogP contribution in [0.4, 0.5) is 8.78 Å². The van der Waals surface area contributed by atoms with Gasteiger partial charge in [-0.3, -0.25) is 0 Å². The Bertz CT molecular complexity index is 604. The molecular formula is C13H17F2NO3S. The molecule has 1 aliphatic rings. The summed E-state index contributed by atoms with van der Waals surface area (Å²) in [5, 5.41) is 0. The average molecular weight is 305 g/mol. The van der Waals surface area contributed by atoms with Crippen molar-refractivity contribution in [1.29, 1.82) is 0 Å². The molecule has 1 aromatic carbocycles. The maximum absolute atomic E-state index is 13.9. The number of piperidine rings is 1. The number of aryl methyl sites for hydroxylation is 1. The fraction of sp³-hybridized carbons (Fsp3) is 0.538. The molecule has 1 saturated heterocycles. The topological polar surface area (TPSA) is 46.6 Å². The third kappa shape index (κ3) is 2.84. The van der Waals surface area contributed by atoms with E-state index in [0.29, 0.717) is 6.42 Å². The Balaban J connectivity index is 2.37. The molecule has 1 fully saturated rings. The molecule has 112 valence electrons. The first kappa shape index (κ1) is 15.3. The molecule has 20 heavy (non-hydrogen) atoms. The Kier molecular flexibility index (Phi) is 4.41. The molecule has 0 bridgehead atoms. The van der Waals surface area contributed by atoms with E-state index in [1.54, 1.807) is 0 Å². The second-order valence-corrected chi connectivity index (χ2v) is 6.80. The molecular weight excluding hydrogens is 288 g/mol. The van der Waals surface area contributed by atoms with Crippen LogP contribution >= 0.6 is 0 Å². The maximum Gasteiger partial charge on any atom is 0.246 e. The normalized spacial score (nSPS) is 21.1. The minimum atomic E-state index is -4.04. The summed E-state index contributed by atoms with van der Waals surface area (Å²) >= 11 is 0. The summed E-state index contributed by atoms with van der Waals surface area (Å²) in [4.78, 5) is -0.614. The highest BCUT2D eigenvalue weighted by Crippen LogP contribution is 2.25. The number of methoxy groups -OCH3 is 1. The van der Waals surface area contributed by atoms with Crippen molar-refractivity contribution in [3.05, 3.63) is 29.3 Å². The highest BCUT2D eigenvalue weighted by Gasteiger charge is 2.32. The summed E-state index contributed by atoms with van der Waals surface area (Å²) < 4.78 is 58.5. The summed E-state index contributed by atoms with van der Waals surface area (Å²) in [6, 6.07) is 1.65. The lowest BCUT2D eigenvalue weighted by molar-refractivity contribution is 0.0571. The molecule has 0 radical (unpaired) electrons. The van der Waals surface area contributed by atoms with E-state index in [-0.39, 0.29) is 24.8 Å². The zero-order chi connectivity index (χ0) is 14.9. The van der Waals surface area contributed by atoms with Crippen molar-refractivity contribution >= 4 is 10.0 Å². The fourth-order valence-corrected chi connectivity index (χ4v) is 3.85. The molecule has 0 spiro atoms. The van der Waals surface area contributed by atoms with E-state index in [4.69, 9.17) is 4.74 Å². The monoisotopic (exact) mass is 305 g/mol. The number of hydrogen-bond acceptors (Lipinski definition) is 3. The van der Waals surface area contributed by atoms with Crippen LogP contribution in [0.2, 0.25) is 0 Å². The zero-order valence-corrected chi connectivity index (χ0v) is 12.2. The van der Waals surface area contributed by atoms with E-state index in [2.05, 4.69) is 0 Å². The Morgan fingerprint density at radius 1 is 1.30 bits per heavy atom. The van der Waals surface area contributed by atoms with Gasteiger partial charge in [-0.25, -0.2) is 17.2 Å². The van der Waals surface area contributed by atoms with E-state index >= 15 is 0 Å². The van der Waals surface area contributed by atoms with Crippen LogP contribution in [0, 0.1) is 18.6 Å². The smallest absolute Gasteiger partial charge is 0.246 e. The second kappa shape index (κ2) is 5.75. The van der Waals surface area contributed by atoms with Gasteiger partial charge < -0.3 is 4.74 Å². The van der Waals surface area contributed by atoms with Crippen molar-refractivity contribution in [2.45, 2.75) is 30.8 Å². The highest BCUT2D eigenvalue weighted by atomic mass is 32.2. The quantitative estimate of drug-likeness (QED) is 0.859. The third-order valence-corrected chi connectivity index (χ3v) is 5.39. The maximum atomic E-state index is 13.9. The number of ether oxygens (including phenoxy) is 1. The van der Waals surface area contributed by atoms with Crippen LogP contribution in [0.5, 0.6) is 0 Å². The summed E-state index contributed by atoms with van der Waals surface area (Å²) in [7, 11) is -2.53. The molecule has 2 rings (SSSR count). The van der Waals surface area contributed by atoms with Gasteiger partial charge in [0.25, 0.3) is 0 Å². The number of benzene rings is 1. The highest BCUT2D eigenvalue weighted by molar-refractivity contribution is 7.89. The van der Waals surface area contributed by atoms with Crippen molar-refractivity contribution in [2.24, 2.45) is 0 Å². The number of sulfonamides is 1. The van der Waals surface area contributed by atoms with E-state index in [9.17, 15) is 17.2 Å². The van der Waals surface area contributed by atoms with Gasteiger partial charge in [-0.05, 0) is 37.5 Å². The minimum Gasteiger partial charge on any atom is -0.380 e. The number of nitrogens with zero attached hydrogens (tertiary/aromatic N) is 1. The summed E-state index contributed by atoms with van der Waals surface area (Å²) in [6.45, 7) is 1.83. The molecule has 1 heterocycles. The van der Waals surface area contributed by atoms with Gasteiger partial charge in [-0.1, -0.05) is 0 Å². The first-order valence-electron chi connectivity index (χ1n) is 6.35. The van der Waals surface area contributed by atoms with Gasteiger partial charge in [0.2, 0.25) is 10.0 Å². The van der Waals surface area contributed by atoms with Crippen molar-refractivity contribution < 1.29 is 21.9 Å².